The summed E-state index contributed by atoms with van der Waals surface area (Å²) < 4.78 is 49.9. The number of alkyl halides is 3. The van der Waals surface area contributed by atoms with Crippen LogP contribution in [0.2, 0.25) is 0 Å². The number of nitrogens with one attached hydrogen (secondary N) is 1. The summed E-state index contributed by atoms with van der Waals surface area (Å²) in [6, 6.07) is 13.6. The van der Waals surface area contributed by atoms with Crippen molar-refractivity contribution in [1.29, 1.82) is 0 Å². The highest BCUT2D eigenvalue weighted by molar-refractivity contribution is 6.09. The highest BCUT2D eigenvalue weighted by Gasteiger charge is 2.66. The summed E-state index contributed by atoms with van der Waals surface area (Å²) in [6.07, 6.45) is -5.08. The van der Waals surface area contributed by atoms with Crippen molar-refractivity contribution in [3.63, 3.8) is 0 Å². The zero-order valence-corrected chi connectivity index (χ0v) is 22.1. The molecule has 2 fully saturated rings. The number of imide groups is 1. The maximum absolute atomic E-state index is 13.4. The largest absolute Gasteiger partial charge is 0.490 e. The number of carbonyl (C=O) groups is 5. The van der Waals surface area contributed by atoms with Crippen LogP contribution in [0.4, 0.5) is 17.6 Å². The average molecular weight is 582 g/mol. The van der Waals surface area contributed by atoms with E-state index in [9.17, 15) is 36.7 Å². The van der Waals surface area contributed by atoms with Crippen LogP contribution in [0.5, 0.6) is 0 Å². The lowest BCUT2D eigenvalue weighted by Crippen LogP contribution is -2.56. The van der Waals surface area contributed by atoms with E-state index in [-0.39, 0.29) is 24.6 Å². The number of likely N-dealkylation sites (tertiary alicyclic amines) is 1. The fourth-order valence-corrected chi connectivity index (χ4v) is 5.00. The molecule has 0 spiro atoms. The number of carboxylic acids is 1. The van der Waals surface area contributed by atoms with Crippen molar-refractivity contribution < 1.29 is 51.4 Å². The van der Waals surface area contributed by atoms with Crippen molar-refractivity contribution in [2.75, 3.05) is 20.7 Å². The van der Waals surface area contributed by atoms with Crippen LogP contribution in [-0.4, -0.2) is 83.0 Å². The van der Waals surface area contributed by atoms with Crippen LogP contribution in [-0.2, 0) is 30.5 Å². The first kappa shape index (κ1) is 31.2. The number of carboxylic acid groups (broad SMARTS) is 1. The number of esters is 1. The molecule has 0 radical (unpaired) electrons. The van der Waals surface area contributed by atoms with Gasteiger partial charge in [-0.25, -0.2) is 9.18 Å². The number of fused-ring (bicyclic) bond motifs is 1. The molecule has 2 aliphatic rings. The number of methoxy groups -OCH3 is 1. The minimum absolute atomic E-state index is 0.0577. The molecule has 0 aromatic heterocycles. The number of carbonyl (C=O) groups excluding carboxylic acids is 4. The minimum atomic E-state index is -5.08. The molecule has 4 atom stereocenters. The predicted molar refractivity (Wildman–Crippen MR) is 133 cm³/mol. The Labute approximate surface area is 231 Å². The third-order valence-electron chi connectivity index (χ3n) is 6.93. The number of amides is 3. The van der Waals surface area contributed by atoms with Crippen LogP contribution in [0.3, 0.4) is 0 Å². The lowest BCUT2D eigenvalue weighted by Gasteiger charge is -2.30. The fourth-order valence-electron chi connectivity index (χ4n) is 5.00. The summed E-state index contributed by atoms with van der Waals surface area (Å²) in [4.78, 5) is 63.9. The van der Waals surface area contributed by atoms with Crippen molar-refractivity contribution >= 4 is 29.7 Å². The molecule has 14 heteroatoms. The van der Waals surface area contributed by atoms with E-state index in [1.165, 1.54) is 41.2 Å². The number of rotatable bonds is 6. The van der Waals surface area contributed by atoms with Gasteiger partial charge < -0.3 is 14.7 Å². The molecule has 3 amide bonds. The Bertz CT molecular complexity index is 1320. The van der Waals surface area contributed by atoms with Gasteiger partial charge >= 0.3 is 18.1 Å². The molecule has 2 saturated heterocycles. The zero-order chi connectivity index (χ0) is 30.7. The Morgan fingerprint density at radius 3 is 2.12 bits per heavy atom. The Morgan fingerprint density at radius 1 is 1.05 bits per heavy atom. The highest BCUT2D eigenvalue weighted by Crippen LogP contribution is 2.44. The topological polar surface area (TPSA) is 133 Å². The molecule has 2 aromatic carbocycles. The summed E-state index contributed by atoms with van der Waals surface area (Å²) in [7, 11) is 2.78. The molecule has 220 valence electrons. The van der Waals surface area contributed by atoms with Gasteiger partial charge in [0, 0.05) is 25.2 Å². The van der Waals surface area contributed by atoms with Gasteiger partial charge in [-0.05, 0) is 36.8 Å². The standard InChI is InChI=1S/C25H26FN3O5.C2HF3O2/c1-25(24(33)34-3)20-19(22(31)29(23(20)32)13-15-7-5-4-6-8-15)18(27-25)14-28(2)21(30)16-9-11-17(26)12-10-16;3-2(4,5)1(6)7/h4-12,18-20,27H,13-14H2,1-3H3;(H,6,7)/t18-,19+,20-,25-;/m1./s1. The number of likely N-dealkylation sites (N-methyl/N-ethyl adjacent to an activating group) is 1. The van der Waals surface area contributed by atoms with Gasteiger partial charge in [0.15, 0.2) is 0 Å². The molecule has 2 N–H and O–H groups in total. The summed E-state index contributed by atoms with van der Waals surface area (Å²) >= 11 is 0. The highest BCUT2D eigenvalue weighted by atomic mass is 19.4. The van der Waals surface area contributed by atoms with E-state index >= 15 is 0 Å². The second kappa shape index (κ2) is 12.0. The lowest BCUT2D eigenvalue weighted by molar-refractivity contribution is -0.192. The minimum Gasteiger partial charge on any atom is -0.475 e. The molecule has 2 aromatic rings. The van der Waals surface area contributed by atoms with Gasteiger partial charge in [0.25, 0.3) is 5.91 Å². The number of aliphatic carboxylic acids is 1. The summed E-state index contributed by atoms with van der Waals surface area (Å²) in [5.41, 5.74) is -0.354. The van der Waals surface area contributed by atoms with Gasteiger partial charge in [0.05, 0.1) is 25.5 Å². The smallest absolute Gasteiger partial charge is 0.475 e. The van der Waals surface area contributed by atoms with Crippen LogP contribution in [0.25, 0.3) is 0 Å². The molecule has 0 unspecified atom stereocenters. The SMILES string of the molecule is COC(=O)[C@]1(C)N[C@H](CN(C)C(=O)c2ccc(F)cc2)[C@@H]2C(=O)N(Cc3ccccc3)C(=O)[C@@H]21.O=C(O)C(F)(F)F. The van der Waals surface area contributed by atoms with E-state index < -0.39 is 59.2 Å². The molecular weight excluding hydrogens is 554 g/mol. The van der Waals surface area contributed by atoms with Crippen molar-refractivity contribution in [2.24, 2.45) is 11.8 Å². The number of nitrogens with zero attached hydrogens (tertiary/aromatic N) is 2. The van der Waals surface area contributed by atoms with Crippen LogP contribution in [0.1, 0.15) is 22.8 Å². The quantitative estimate of drug-likeness (QED) is 0.302. The van der Waals surface area contributed by atoms with Gasteiger partial charge in [0.2, 0.25) is 11.8 Å². The molecule has 0 aliphatic carbocycles. The predicted octanol–water partition coefficient (Wildman–Crippen LogP) is 2.24. The molecule has 0 saturated carbocycles. The number of hydrogen-bond donors (Lipinski definition) is 2. The second-order valence-electron chi connectivity index (χ2n) is 9.69. The summed E-state index contributed by atoms with van der Waals surface area (Å²) in [5, 5.41) is 10.2. The van der Waals surface area contributed by atoms with Crippen LogP contribution in [0, 0.1) is 17.7 Å². The van der Waals surface area contributed by atoms with Crippen LogP contribution >= 0.6 is 0 Å². The fraction of sp³-hybridized carbons (Fsp3) is 0.370. The second-order valence-corrected chi connectivity index (χ2v) is 9.69. The molecule has 2 aliphatic heterocycles. The Hall–Kier alpha value is -4.33. The van der Waals surface area contributed by atoms with Gasteiger partial charge in [-0.1, -0.05) is 30.3 Å². The van der Waals surface area contributed by atoms with Crippen molar-refractivity contribution in [3.8, 4) is 0 Å². The monoisotopic (exact) mass is 581 g/mol. The maximum atomic E-state index is 13.4. The first-order chi connectivity index (χ1) is 19.1. The lowest BCUT2D eigenvalue weighted by atomic mass is 9.81. The molecule has 0 bridgehead atoms. The first-order valence-electron chi connectivity index (χ1n) is 12.2. The van der Waals surface area contributed by atoms with Crippen molar-refractivity contribution in [1.82, 2.24) is 15.1 Å². The number of ether oxygens (including phenoxy) is 1. The Balaban J connectivity index is 0.000000587. The zero-order valence-electron chi connectivity index (χ0n) is 22.1. The summed E-state index contributed by atoms with van der Waals surface area (Å²) in [6.45, 7) is 1.71. The molecule has 4 rings (SSSR count). The van der Waals surface area contributed by atoms with Gasteiger partial charge in [0.1, 0.15) is 11.4 Å². The van der Waals surface area contributed by atoms with Crippen LogP contribution < -0.4 is 5.32 Å². The molecule has 41 heavy (non-hydrogen) atoms. The molecule has 2 heterocycles. The average Bonchev–Trinajstić information content (AvgIpc) is 3.36. The molecule has 10 nitrogen and oxygen atoms in total. The Morgan fingerprint density at radius 2 is 1.61 bits per heavy atom. The van der Waals surface area contributed by atoms with E-state index in [1.807, 2.05) is 30.3 Å². The van der Waals surface area contributed by atoms with E-state index in [1.54, 1.807) is 14.0 Å². The first-order valence-corrected chi connectivity index (χ1v) is 12.2. The number of halogens is 4. The normalized spacial score (nSPS) is 23.4. The molecular formula is C27H27F4N3O7. The third-order valence-corrected chi connectivity index (χ3v) is 6.93. The third kappa shape index (κ3) is 6.53. The van der Waals surface area contributed by atoms with E-state index in [2.05, 4.69) is 5.32 Å². The van der Waals surface area contributed by atoms with E-state index in [0.29, 0.717) is 0 Å². The Kier molecular flexibility index (Phi) is 9.16. The van der Waals surface area contributed by atoms with Crippen molar-refractivity contribution in [3.05, 3.63) is 71.5 Å². The number of benzene rings is 2. The van der Waals surface area contributed by atoms with Gasteiger partial charge in [-0.15, -0.1) is 0 Å². The van der Waals surface area contributed by atoms with E-state index in [0.717, 1.165) is 5.56 Å². The number of hydrogen-bond acceptors (Lipinski definition) is 7. The van der Waals surface area contributed by atoms with Gasteiger partial charge in [-0.3, -0.25) is 29.4 Å². The van der Waals surface area contributed by atoms with Crippen molar-refractivity contribution in [2.45, 2.75) is 31.2 Å². The van der Waals surface area contributed by atoms with Gasteiger partial charge in [-0.2, -0.15) is 13.2 Å². The maximum Gasteiger partial charge on any atom is 0.490 e. The summed E-state index contributed by atoms with van der Waals surface area (Å²) in [5.74, 6) is -6.89. The van der Waals surface area contributed by atoms with E-state index in [4.69, 9.17) is 14.6 Å². The van der Waals surface area contributed by atoms with Crippen LogP contribution in [0.15, 0.2) is 54.6 Å².